The normalized spacial score (nSPS) is 12.3. The van der Waals surface area contributed by atoms with E-state index in [4.69, 9.17) is 9.68 Å². The van der Waals surface area contributed by atoms with Crippen LogP contribution in [0.5, 0.6) is 0 Å². The zero-order valence-electron chi connectivity index (χ0n) is 17.0. The van der Waals surface area contributed by atoms with Gasteiger partial charge in [-0.15, -0.1) is 0 Å². The Morgan fingerprint density at radius 2 is 2.00 bits per heavy atom. The molecular weight excluding hydrogens is 400 g/mol. The van der Waals surface area contributed by atoms with E-state index >= 15 is 0 Å². The number of hydrogen-bond acceptors (Lipinski definition) is 4. The Morgan fingerprint density at radius 1 is 1.29 bits per heavy atom. The smallest absolute Gasteiger partial charge is 0.253 e. The van der Waals surface area contributed by atoms with Gasteiger partial charge in [0.05, 0.1) is 5.57 Å². The van der Waals surface area contributed by atoms with Crippen LogP contribution >= 0.6 is 0 Å². The molecule has 0 spiro atoms. The number of nitrogens with zero attached hydrogens (tertiary/aromatic N) is 3. The van der Waals surface area contributed by atoms with E-state index in [1.165, 1.54) is 17.1 Å². The number of aromatic nitrogens is 1. The molecule has 31 heavy (non-hydrogen) atoms. The van der Waals surface area contributed by atoms with E-state index < -0.39 is 18.1 Å². The van der Waals surface area contributed by atoms with E-state index in [0.717, 1.165) is 5.56 Å². The van der Waals surface area contributed by atoms with Gasteiger partial charge in [0, 0.05) is 43.0 Å². The Balaban J connectivity index is 2.07. The highest BCUT2D eigenvalue weighted by Crippen LogP contribution is 2.32. The van der Waals surface area contributed by atoms with Gasteiger partial charge in [-0.2, -0.15) is 5.26 Å². The largest absolute Gasteiger partial charge is 0.454 e. The number of alkyl halides is 1. The maximum absolute atomic E-state index is 13.6. The van der Waals surface area contributed by atoms with Crippen molar-refractivity contribution in [3.8, 4) is 17.4 Å². The molecule has 2 heterocycles. The number of hydrogen-bond donors (Lipinski definition) is 0. The van der Waals surface area contributed by atoms with E-state index in [0.29, 0.717) is 33.6 Å². The quantitative estimate of drug-likeness (QED) is 0.392. The van der Waals surface area contributed by atoms with Gasteiger partial charge in [0.2, 0.25) is 0 Å². The molecule has 7 heteroatoms. The minimum absolute atomic E-state index is 0.109. The maximum atomic E-state index is 13.6. The number of rotatable bonds is 6. The van der Waals surface area contributed by atoms with Crippen LogP contribution < -0.4 is 0 Å². The van der Waals surface area contributed by atoms with Gasteiger partial charge in [-0.25, -0.2) is 8.78 Å². The van der Waals surface area contributed by atoms with Gasteiger partial charge >= 0.3 is 0 Å². The molecule has 0 saturated carbocycles. The molecule has 0 fully saturated rings. The lowest BCUT2D eigenvalue weighted by molar-refractivity contribution is 0.0827. The Hall–Kier alpha value is -4.05. The SMILES string of the molecule is C=C/C(=C\C(C#N)=C(\F)CF)c1ccnc2cc(-c3ccc(C(=O)N(C)C)cc3)oc12. The maximum Gasteiger partial charge on any atom is 0.253 e. The lowest BCUT2D eigenvalue weighted by atomic mass is 10.0. The summed E-state index contributed by atoms with van der Waals surface area (Å²) in [4.78, 5) is 17.9. The molecule has 3 rings (SSSR count). The number of carbonyl (C=O) groups is 1. The first-order valence-corrected chi connectivity index (χ1v) is 9.29. The molecular formula is C24H19F2N3O2. The summed E-state index contributed by atoms with van der Waals surface area (Å²) in [6, 6.07) is 12.0. The van der Waals surface area contributed by atoms with Crippen molar-refractivity contribution < 1.29 is 18.0 Å². The molecule has 1 amide bonds. The second-order valence-corrected chi connectivity index (χ2v) is 6.83. The molecule has 3 aromatic rings. The van der Waals surface area contributed by atoms with Crippen molar-refractivity contribution >= 4 is 22.6 Å². The number of amides is 1. The van der Waals surface area contributed by atoms with Crippen LogP contribution in [-0.2, 0) is 0 Å². The molecule has 0 aliphatic rings. The Morgan fingerprint density at radius 3 is 2.58 bits per heavy atom. The van der Waals surface area contributed by atoms with Gasteiger partial charge in [-0.1, -0.05) is 24.8 Å². The van der Waals surface area contributed by atoms with Crippen LogP contribution in [0.25, 0.3) is 28.0 Å². The Labute approximate surface area is 178 Å². The zero-order valence-corrected chi connectivity index (χ0v) is 17.0. The average Bonchev–Trinajstić information content (AvgIpc) is 3.23. The molecule has 0 saturated heterocycles. The van der Waals surface area contributed by atoms with E-state index in [9.17, 15) is 13.6 Å². The van der Waals surface area contributed by atoms with Gasteiger partial charge < -0.3 is 9.32 Å². The van der Waals surface area contributed by atoms with Crippen LogP contribution in [-0.4, -0.2) is 36.6 Å². The second kappa shape index (κ2) is 9.18. The second-order valence-electron chi connectivity index (χ2n) is 6.83. The number of halogens is 2. The summed E-state index contributed by atoms with van der Waals surface area (Å²) < 4.78 is 32.3. The number of nitriles is 1. The summed E-state index contributed by atoms with van der Waals surface area (Å²) >= 11 is 0. The molecule has 0 aliphatic carbocycles. The Kier molecular flexibility index (Phi) is 6.41. The monoisotopic (exact) mass is 419 g/mol. The van der Waals surface area contributed by atoms with Crippen LogP contribution in [0.3, 0.4) is 0 Å². The molecule has 1 aromatic carbocycles. The highest BCUT2D eigenvalue weighted by molar-refractivity contribution is 5.95. The molecule has 0 N–H and O–H groups in total. The predicted molar refractivity (Wildman–Crippen MR) is 115 cm³/mol. The minimum Gasteiger partial charge on any atom is -0.454 e. The van der Waals surface area contributed by atoms with Crippen LogP contribution in [0.4, 0.5) is 8.78 Å². The van der Waals surface area contributed by atoms with Crippen molar-refractivity contribution in [1.29, 1.82) is 5.26 Å². The molecule has 0 unspecified atom stereocenters. The number of pyridine rings is 1. The van der Waals surface area contributed by atoms with Crippen LogP contribution in [0.15, 0.2) is 77.1 Å². The first kappa shape index (κ1) is 21.7. The summed E-state index contributed by atoms with van der Waals surface area (Å²) in [5.41, 5.74) is 2.74. The number of benzene rings is 1. The molecule has 0 aliphatic heterocycles. The highest BCUT2D eigenvalue weighted by atomic mass is 19.2. The van der Waals surface area contributed by atoms with Crippen molar-refractivity contribution in [3.05, 3.63) is 83.9 Å². The standard InChI is InChI=1S/C24H19F2N3O2/c1-4-15(11-18(14-27)20(26)13-25)19-9-10-28-21-12-22(31-23(19)21)16-5-7-17(8-6-16)24(30)29(2)3/h4-12H,1,13H2,2-3H3/b15-11+,20-18-. The number of fused-ring (bicyclic) bond motifs is 1. The fourth-order valence-electron chi connectivity index (χ4n) is 2.99. The first-order valence-electron chi connectivity index (χ1n) is 9.29. The molecule has 0 bridgehead atoms. The molecule has 156 valence electrons. The van der Waals surface area contributed by atoms with Crippen LogP contribution in [0.1, 0.15) is 15.9 Å². The van der Waals surface area contributed by atoms with Crippen molar-refractivity contribution in [3.63, 3.8) is 0 Å². The third-order valence-electron chi connectivity index (χ3n) is 4.60. The third-order valence-corrected chi connectivity index (χ3v) is 4.60. The molecule has 2 aromatic heterocycles. The predicted octanol–water partition coefficient (Wildman–Crippen LogP) is 5.48. The number of carbonyl (C=O) groups excluding carboxylic acids is 1. The van der Waals surface area contributed by atoms with Crippen molar-refractivity contribution in [2.45, 2.75) is 0 Å². The minimum atomic E-state index is -1.37. The summed E-state index contributed by atoms with van der Waals surface area (Å²) in [5.74, 6) is -0.740. The van der Waals surface area contributed by atoms with Gasteiger partial charge in [-0.3, -0.25) is 9.78 Å². The first-order chi connectivity index (χ1) is 14.9. The summed E-state index contributed by atoms with van der Waals surface area (Å²) in [7, 11) is 3.36. The summed E-state index contributed by atoms with van der Waals surface area (Å²) in [5, 5.41) is 9.12. The highest BCUT2D eigenvalue weighted by Gasteiger charge is 2.15. The lowest BCUT2D eigenvalue weighted by Gasteiger charge is -2.10. The van der Waals surface area contributed by atoms with E-state index in [2.05, 4.69) is 11.6 Å². The van der Waals surface area contributed by atoms with Crippen LogP contribution in [0, 0.1) is 11.3 Å². The summed E-state index contributed by atoms with van der Waals surface area (Å²) in [6.07, 6.45) is 4.20. The zero-order chi connectivity index (χ0) is 22.5. The van der Waals surface area contributed by atoms with E-state index in [1.807, 2.05) is 0 Å². The van der Waals surface area contributed by atoms with E-state index in [1.54, 1.807) is 62.8 Å². The van der Waals surface area contributed by atoms with Gasteiger partial charge in [0.15, 0.2) is 5.58 Å². The van der Waals surface area contributed by atoms with Crippen LogP contribution in [0.2, 0.25) is 0 Å². The molecule has 0 atom stereocenters. The Bertz CT molecular complexity index is 1250. The summed E-state index contributed by atoms with van der Waals surface area (Å²) in [6.45, 7) is 2.34. The fraction of sp³-hybridized carbons (Fsp3) is 0.125. The van der Waals surface area contributed by atoms with Crippen molar-refractivity contribution in [2.24, 2.45) is 0 Å². The van der Waals surface area contributed by atoms with Gasteiger partial charge in [-0.05, 0) is 29.8 Å². The number of allylic oxidation sites excluding steroid dienone is 5. The van der Waals surface area contributed by atoms with Crippen molar-refractivity contribution in [1.82, 2.24) is 9.88 Å². The number of furan rings is 1. The van der Waals surface area contributed by atoms with E-state index in [-0.39, 0.29) is 5.91 Å². The molecule has 5 nitrogen and oxygen atoms in total. The van der Waals surface area contributed by atoms with Gasteiger partial charge in [0.1, 0.15) is 29.8 Å². The average molecular weight is 419 g/mol. The van der Waals surface area contributed by atoms with Crippen molar-refractivity contribution in [2.75, 3.05) is 20.8 Å². The third kappa shape index (κ3) is 4.43. The topological polar surface area (TPSA) is 70.1 Å². The molecule has 0 radical (unpaired) electrons. The van der Waals surface area contributed by atoms with Gasteiger partial charge in [0.25, 0.3) is 5.91 Å². The fourth-order valence-corrected chi connectivity index (χ4v) is 2.99. The lowest BCUT2D eigenvalue weighted by Crippen LogP contribution is -2.21.